The maximum Gasteiger partial charge on any atom is 0.240 e. The molecule has 0 radical (unpaired) electrons. The Kier molecular flexibility index (Phi) is 6.12. The van der Waals surface area contributed by atoms with E-state index in [0.29, 0.717) is 24.7 Å². The molecule has 1 aromatic carbocycles. The first-order valence-electron chi connectivity index (χ1n) is 8.50. The molecule has 2 aromatic heterocycles. The lowest BCUT2D eigenvalue weighted by Gasteiger charge is -2.06. The number of carbonyl (C=O) groups is 1. The average Bonchev–Trinajstić information content (AvgIpc) is 3.21. The Morgan fingerprint density at radius 2 is 1.82 bits per heavy atom. The number of sulfonamides is 1. The van der Waals surface area contributed by atoms with E-state index in [-0.39, 0.29) is 17.2 Å². The number of rotatable bonds is 8. The van der Waals surface area contributed by atoms with E-state index in [1.807, 2.05) is 0 Å². The van der Waals surface area contributed by atoms with Crippen LogP contribution in [0.25, 0.3) is 11.4 Å². The molecule has 3 aromatic rings. The second-order valence-corrected chi connectivity index (χ2v) is 7.76. The van der Waals surface area contributed by atoms with E-state index in [4.69, 9.17) is 4.52 Å². The molecule has 0 fully saturated rings. The van der Waals surface area contributed by atoms with Gasteiger partial charge in [0, 0.05) is 37.3 Å². The van der Waals surface area contributed by atoms with Crippen LogP contribution >= 0.6 is 0 Å². The summed E-state index contributed by atoms with van der Waals surface area (Å²) >= 11 is 0. The Bertz CT molecular complexity index is 1030. The molecule has 3 rings (SSSR count). The fourth-order valence-electron chi connectivity index (χ4n) is 2.39. The van der Waals surface area contributed by atoms with E-state index in [9.17, 15) is 13.2 Å². The minimum atomic E-state index is -3.47. The predicted molar refractivity (Wildman–Crippen MR) is 100 cm³/mol. The Hall–Kier alpha value is -3.11. The molecule has 0 bridgehead atoms. The molecule has 28 heavy (non-hydrogen) atoms. The van der Waals surface area contributed by atoms with Gasteiger partial charge in [0.1, 0.15) is 0 Å². The number of nitrogens with zero attached hydrogens (tertiary/aromatic N) is 3. The van der Waals surface area contributed by atoms with Crippen molar-refractivity contribution in [2.75, 3.05) is 7.05 Å². The first kappa shape index (κ1) is 19.6. The lowest BCUT2D eigenvalue weighted by Crippen LogP contribution is -2.23. The second kappa shape index (κ2) is 8.72. The molecule has 146 valence electrons. The molecule has 0 unspecified atom stereocenters. The smallest absolute Gasteiger partial charge is 0.240 e. The number of aryl methyl sites for hydroxylation is 1. The molecule has 9 nitrogen and oxygen atoms in total. The van der Waals surface area contributed by atoms with Crippen molar-refractivity contribution in [1.82, 2.24) is 25.2 Å². The van der Waals surface area contributed by atoms with Gasteiger partial charge in [0.15, 0.2) is 0 Å². The van der Waals surface area contributed by atoms with Gasteiger partial charge < -0.3 is 9.84 Å². The molecular formula is C18H19N5O4S. The molecule has 1 amide bonds. The van der Waals surface area contributed by atoms with E-state index >= 15 is 0 Å². The van der Waals surface area contributed by atoms with Gasteiger partial charge in [0.05, 0.1) is 4.90 Å². The highest BCUT2D eigenvalue weighted by atomic mass is 32.2. The van der Waals surface area contributed by atoms with E-state index in [2.05, 4.69) is 25.2 Å². The first-order valence-corrected chi connectivity index (χ1v) is 9.98. The van der Waals surface area contributed by atoms with Crippen molar-refractivity contribution in [2.24, 2.45) is 0 Å². The molecular weight excluding hydrogens is 382 g/mol. The zero-order valence-electron chi connectivity index (χ0n) is 15.1. The standard InChI is InChI=1S/C18H19N5O4S/c1-19-28(25,26)15-4-2-13(3-5-15)12-21-16(24)6-7-17-22-18(23-27-17)14-8-10-20-11-9-14/h2-5,8-11,19H,6-7,12H2,1H3,(H,21,24). The van der Waals surface area contributed by atoms with Crippen molar-refractivity contribution in [3.8, 4) is 11.4 Å². The lowest BCUT2D eigenvalue weighted by atomic mass is 10.2. The SMILES string of the molecule is CNS(=O)(=O)c1ccc(CNC(=O)CCc2nc(-c3ccncc3)no2)cc1. The van der Waals surface area contributed by atoms with E-state index < -0.39 is 10.0 Å². The quantitative estimate of drug-likeness (QED) is 0.582. The topological polar surface area (TPSA) is 127 Å². The summed E-state index contributed by atoms with van der Waals surface area (Å²) < 4.78 is 30.8. The Labute approximate surface area is 162 Å². The number of carbonyl (C=O) groups excluding carboxylic acids is 1. The van der Waals surface area contributed by atoms with Crippen LogP contribution in [0.4, 0.5) is 0 Å². The van der Waals surface area contributed by atoms with Gasteiger partial charge in [0.2, 0.25) is 27.6 Å². The third-order valence-corrected chi connectivity index (χ3v) is 5.39. The van der Waals surface area contributed by atoms with Crippen molar-refractivity contribution in [1.29, 1.82) is 0 Å². The summed E-state index contributed by atoms with van der Waals surface area (Å²) in [5.41, 5.74) is 1.58. The maximum atomic E-state index is 12.0. The van der Waals surface area contributed by atoms with E-state index in [1.54, 1.807) is 36.7 Å². The van der Waals surface area contributed by atoms with Crippen LogP contribution in [0, 0.1) is 0 Å². The van der Waals surface area contributed by atoms with Gasteiger partial charge in [-0.2, -0.15) is 4.98 Å². The molecule has 2 heterocycles. The molecule has 0 saturated heterocycles. The minimum absolute atomic E-state index is 0.171. The number of pyridine rings is 1. The number of nitrogens with one attached hydrogen (secondary N) is 2. The molecule has 0 saturated carbocycles. The van der Waals surface area contributed by atoms with Crippen LogP contribution in [0.3, 0.4) is 0 Å². The van der Waals surface area contributed by atoms with Crippen LogP contribution in [0.15, 0.2) is 58.2 Å². The van der Waals surface area contributed by atoms with Crippen molar-refractivity contribution in [3.63, 3.8) is 0 Å². The molecule has 0 spiro atoms. The maximum absolute atomic E-state index is 12.0. The first-order chi connectivity index (χ1) is 13.5. The highest BCUT2D eigenvalue weighted by Crippen LogP contribution is 2.14. The van der Waals surface area contributed by atoms with Crippen LogP contribution in [-0.2, 0) is 27.8 Å². The summed E-state index contributed by atoms with van der Waals surface area (Å²) in [6, 6.07) is 9.84. The lowest BCUT2D eigenvalue weighted by molar-refractivity contribution is -0.121. The van der Waals surface area contributed by atoms with Gasteiger partial charge in [-0.25, -0.2) is 13.1 Å². The van der Waals surface area contributed by atoms with Crippen molar-refractivity contribution in [3.05, 3.63) is 60.2 Å². The highest BCUT2D eigenvalue weighted by molar-refractivity contribution is 7.89. The van der Waals surface area contributed by atoms with Crippen LogP contribution in [0.1, 0.15) is 17.9 Å². The monoisotopic (exact) mass is 401 g/mol. The number of hydrogen-bond acceptors (Lipinski definition) is 7. The number of hydrogen-bond donors (Lipinski definition) is 2. The van der Waals surface area contributed by atoms with Crippen LogP contribution in [-0.4, -0.2) is 36.5 Å². The number of amides is 1. The molecule has 0 aliphatic carbocycles. The van der Waals surface area contributed by atoms with Crippen molar-refractivity contribution >= 4 is 15.9 Å². The van der Waals surface area contributed by atoms with Crippen molar-refractivity contribution < 1.29 is 17.7 Å². The summed E-state index contributed by atoms with van der Waals surface area (Å²) in [6.07, 6.45) is 3.80. The number of aromatic nitrogens is 3. The van der Waals surface area contributed by atoms with Gasteiger partial charge in [-0.05, 0) is 36.9 Å². The Balaban J connectivity index is 1.48. The Morgan fingerprint density at radius 3 is 2.50 bits per heavy atom. The van der Waals surface area contributed by atoms with E-state index in [0.717, 1.165) is 11.1 Å². The average molecular weight is 401 g/mol. The fourth-order valence-corrected chi connectivity index (χ4v) is 3.12. The third-order valence-electron chi connectivity index (χ3n) is 3.96. The summed E-state index contributed by atoms with van der Waals surface area (Å²) in [4.78, 5) is 20.4. The Morgan fingerprint density at radius 1 is 1.11 bits per heavy atom. The predicted octanol–water partition coefficient (Wildman–Crippen LogP) is 1.29. The molecule has 0 aliphatic heterocycles. The van der Waals surface area contributed by atoms with Crippen LogP contribution in [0.5, 0.6) is 0 Å². The summed E-state index contributed by atoms with van der Waals surface area (Å²) in [5.74, 6) is 0.661. The number of benzene rings is 1. The van der Waals surface area contributed by atoms with Crippen molar-refractivity contribution in [2.45, 2.75) is 24.3 Å². The van der Waals surface area contributed by atoms with Gasteiger partial charge in [-0.15, -0.1) is 0 Å². The minimum Gasteiger partial charge on any atom is -0.352 e. The van der Waals surface area contributed by atoms with Crippen LogP contribution in [0.2, 0.25) is 0 Å². The zero-order chi connectivity index (χ0) is 20.0. The fraction of sp³-hybridized carbons (Fsp3) is 0.222. The molecule has 0 atom stereocenters. The third kappa shape index (κ3) is 4.99. The van der Waals surface area contributed by atoms with Gasteiger partial charge in [0.25, 0.3) is 0 Å². The largest absolute Gasteiger partial charge is 0.352 e. The van der Waals surface area contributed by atoms with Gasteiger partial charge >= 0.3 is 0 Å². The van der Waals surface area contributed by atoms with Gasteiger partial charge in [-0.3, -0.25) is 9.78 Å². The summed E-state index contributed by atoms with van der Waals surface area (Å²) in [7, 11) is -2.11. The summed E-state index contributed by atoms with van der Waals surface area (Å²) in [6.45, 7) is 0.296. The molecule has 0 aliphatic rings. The normalized spacial score (nSPS) is 11.3. The summed E-state index contributed by atoms with van der Waals surface area (Å²) in [5, 5.41) is 6.67. The van der Waals surface area contributed by atoms with E-state index in [1.165, 1.54) is 19.2 Å². The van der Waals surface area contributed by atoms with Crippen LogP contribution < -0.4 is 10.0 Å². The molecule has 2 N–H and O–H groups in total. The van der Waals surface area contributed by atoms with Gasteiger partial charge in [-0.1, -0.05) is 17.3 Å². The highest BCUT2D eigenvalue weighted by Gasteiger charge is 2.12. The second-order valence-electron chi connectivity index (χ2n) is 5.88. The zero-order valence-corrected chi connectivity index (χ0v) is 15.9. The molecule has 10 heteroatoms.